The number of amides is 2. The van der Waals surface area contributed by atoms with E-state index in [-0.39, 0.29) is 30.4 Å². The fourth-order valence-electron chi connectivity index (χ4n) is 3.74. The molecule has 0 spiro atoms. The van der Waals surface area contributed by atoms with Crippen molar-refractivity contribution in [3.63, 3.8) is 0 Å². The van der Waals surface area contributed by atoms with Gasteiger partial charge in [-0.3, -0.25) is 19.5 Å². The molecule has 2 aliphatic rings. The van der Waals surface area contributed by atoms with Crippen LogP contribution in [0.15, 0.2) is 29.2 Å². The van der Waals surface area contributed by atoms with Crippen molar-refractivity contribution in [2.45, 2.75) is 38.7 Å². The van der Waals surface area contributed by atoms with Crippen LogP contribution < -0.4 is 10.7 Å². The van der Waals surface area contributed by atoms with Crippen molar-refractivity contribution in [1.29, 1.82) is 0 Å². The van der Waals surface area contributed by atoms with E-state index in [0.717, 1.165) is 12.3 Å². The highest BCUT2D eigenvalue weighted by Crippen LogP contribution is 2.29. The summed E-state index contributed by atoms with van der Waals surface area (Å²) >= 11 is 0. The van der Waals surface area contributed by atoms with Gasteiger partial charge in [-0.1, -0.05) is 6.07 Å². The minimum absolute atomic E-state index is 0.0144. The number of aromatic nitrogens is 1. The van der Waals surface area contributed by atoms with Crippen LogP contribution in [0.2, 0.25) is 0 Å². The maximum atomic E-state index is 13.7. The summed E-state index contributed by atoms with van der Waals surface area (Å²) in [6.07, 6.45) is 1.16. The number of carbonyl (C=O) groups excluding carboxylic acids is 2. The molecule has 30 heavy (non-hydrogen) atoms. The van der Waals surface area contributed by atoms with Gasteiger partial charge >= 0.3 is 0 Å². The van der Waals surface area contributed by atoms with E-state index in [9.17, 15) is 28.3 Å². The first-order valence-corrected chi connectivity index (χ1v) is 9.38. The van der Waals surface area contributed by atoms with Crippen molar-refractivity contribution in [3.8, 4) is 5.75 Å². The quantitative estimate of drug-likeness (QED) is 0.821. The lowest BCUT2D eigenvalue weighted by Crippen LogP contribution is -2.57. The number of carbonyl (C=O) groups is 2. The minimum atomic E-state index is -1.12. The average Bonchev–Trinajstić information content (AvgIpc) is 2.69. The smallest absolute Gasteiger partial charge is 0.277 e. The zero-order chi connectivity index (χ0) is 21.6. The zero-order valence-corrected chi connectivity index (χ0v) is 16.0. The van der Waals surface area contributed by atoms with Crippen LogP contribution in [0.4, 0.5) is 8.78 Å². The number of pyridine rings is 1. The summed E-state index contributed by atoms with van der Waals surface area (Å²) < 4.78 is 33.6. The minimum Gasteiger partial charge on any atom is -0.356 e. The maximum absolute atomic E-state index is 13.7. The molecule has 1 saturated heterocycles. The molecule has 4 rings (SSSR count). The van der Waals surface area contributed by atoms with E-state index in [1.807, 2.05) is 6.92 Å². The summed E-state index contributed by atoms with van der Waals surface area (Å²) in [5.74, 6) is -4.19. The molecule has 1 N–H and O–H groups in total. The fourth-order valence-corrected chi connectivity index (χ4v) is 3.74. The molecule has 10 heteroatoms. The largest absolute Gasteiger partial charge is 0.356 e. The number of fused-ring (bicyclic) bond motifs is 2. The third-order valence-corrected chi connectivity index (χ3v) is 5.36. The summed E-state index contributed by atoms with van der Waals surface area (Å²) in [6.45, 7) is 2.08. The van der Waals surface area contributed by atoms with Gasteiger partial charge in [0.05, 0.1) is 13.2 Å². The molecule has 2 atom stereocenters. The molecule has 1 fully saturated rings. The average molecular weight is 418 g/mol. The van der Waals surface area contributed by atoms with Crippen LogP contribution in [0.3, 0.4) is 0 Å². The van der Waals surface area contributed by atoms with E-state index < -0.39 is 46.4 Å². The van der Waals surface area contributed by atoms with E-state index in [0.29, 0.717) is 19.1 Å². The van der Waals surface area contributed by atoms with Gasteiger partial charge in [0, 0.05) is 30.4 Å². The van der Waals surface area contributed by atoms with E-state index in [1.165, 1.54) is 15.5 Å². The molecule has 2 amide bonds. The number of rotatable bonds is 3. The Kier molecular flexibility index (Phi) is 5.02. The summed E-state index contributed by atoms with van der Waals surface area (Å²) in [4.78, 5) is 39.2. The number of nitrogens with one attached hydrogen (secondary N) is 1. The van der Waals surface area contributed by atoms with Crippen LogP contribution in [0, 0.1) is 11.6 Å². The van der Waals surface area contributed by atoms with Crippen molar-refractivity contribution >= 4 is 11.8 Å². The van der Waals surface area contributed by atoms with Gasteiger partial charge in [-0.2, -0.15) is 0 Å². The summed E-state index contributed by atoms with van der Waals surface area (Å²) in [5, 5.41) is 14.9. The highest BCUT2D eigenvalue weighted by Gasteiger charge is 2.41. The van der Waals surface area contributed by atoms with Crippen molar-refractivity contribution in [2.24, 2.45) is 0 Å². The zero-order valence-electron chi connectivity index (χ0n) is 16.0. The standard InChI is InChI=1S/C20H18F2N3O5/c1-10-4-5-30-15-9-24-8-13(17(26)18(27)16(24)20(29)25(10)15)19(28)23-7-11-2-3-12(21)6-14(11)22/h2-3,6,8,10,15H,4-5,7,9H2,1H3,(H,23,28)/t10-,15+/m1/s1. The first kappa shape index (κ1) is 20.0. The Balaban J connectivity index is 1.63. The van der Waals surface area contributed by atoms with Gasteiger partial charge in [0.2, 0.25) is 5.43 Å². The summed E-state index contributed by atoms with van der Waals surface area (Å²) in [5.41, 5.74) is -1.87. The first-order chi connectivity index (χ1) is 14.3. The number of hydrogen-bond donors (Lipinski definition) is 1. The monoisotopic (exact) mass is 418 g/mol. The molecule has 1 aromatic carbocycles. The summed E-state index contributed by atoms with van der Waals surface area (Å²) in [7, 11) is 0. The van der Waals surface area contributed by atoms with Crippen LogP contribution in [0.1, 0.15) is 39.8 Å². The maximum Gasteiger partial charge on any atom is 0.277 e. The van der Waals surface area contributed by atoms with Gasteiger partial charge in [0.1, 0.15) is 17.2 Å². The SMILES string of the molecule is C[C@@H]1CCO[C@H]2Cn3cc(C(=O)NCc4ccc(F)cc4F)c(=O)c([O])c3C(=O)N12. The van der Waals surface area contributed by atoms with E-state index in [4.69, 9.17) is 4.74 Å². The Morgan fingerprint density at radius 3 is 2.80 bits per heavy atom. The second-order valence-corrected chi connectivity index (χ2v) is 7.30. The molecule has 1 radical (unpaired) electrons. The third-order valence-electron chi connectivity index (χ3n) is 5.36. The number of benzene rings is 1. The lowest BCUT2D eigenvalue weighted by atomic mass is 10.1. The van der Waals surface area contributed by atoms with Crippen LogP contribution in [0.25, 0.3) is 0 Å². The topological polar surface area (TPSA) is 101 Å². The molecule has 2 aromatic rings. The molecule has 0 bridgehead atoms. The van der Waals surface area contributed by atoms with Crippen LogP contribution in [-0.4, -0.2) is 40.2 Å². The van der Waals surface area contributed by atoms with Crippen molar-refractivity contribution in [3.05, 3.63) is 63.1 Å². The molecule has 0 unspecified atom stereocenters. The molecule has 157 valence electrons. The molecule has 1 aromatic heterocycles. The lowest BCUT2D eigenvalue weighted by Gasteiger charge is -2.44. The van der Waals surface area contributed by atoms with E-state index in [1.54, 1.807) is 0 Å². The van der Waals surface area contributed by atoms with E-state index >= 15 is 0 Å². The van der Waals surface area contributed by atoms with Gasteiger partial charge in [0.15, 0.2) is 11.9 Å². The Morgan fingerprint density at radius 2 is 2.07 bits per heavy atom. The second-order valence-electron chi connectivity index (χ2n) is 7.30. The molecule has 0 aliphatic carbocycles. The van der Waals surface area contributed by atoms with Gasteiger partial charge < -0.3 is 19.5 Å². The lowest BCUT2D eigenvalue weighted by molar-refractivity contribution is -0.112. The Labute approximate surface area is 169 Å². The van der Waals surface area contributed by atoms with Crippen molar-refractivity contribution in [2.75, 3.05) is 6.61 Å². The predicted octanol–water partition coefficient (Wildman–Crippen LogP) is 1.79. The Morgan fingerprint density at radius 1 is 1.30 bits per heavy atom. The van der Waals surface area contributed by atoms with Gasteiger partial charge in [-0.05, 0) is 19.4 Å². The number of hydrogen-bond acceptors (Lipinski definition) is 4. The third kappa shape index (κ3) is 3.32. The highest BCUT2D eigenvalue weighted by molar-refractivity contribution is 5.99. The molecule has 2 aliphatic heterocycles. The second kappa shape index (κ2) is 7.52. The van der Waals surface area contributed by atoms with Crippen LogP contribution in [0.5, 0.6) is 5.75 Å². The Hall–Kier alpha value is -3.27. The highest BCUT2D eigenvalue weighted by atomic mass is 19.1. The number of nitrogens with zero attached hydrogens (tertiary/aromatic N) is 2. The van der Waals surface area contributed by atoms with Crippen LogP contribution in [-0.2, 0) is 22.9 Å². The summed E-state index contributed by atoms with van der Waals surface area (Å²) in [6, 6.07) is 2.73. The van der Waals surface area contributed by atoms with E-state index in [2.05, 4.69) is 5.32 Å². The molecular weight excluding hydrogens is 400 g/mol. The normalized spacial score (nSPS) is 20.5. The molecule has 0 saturated carbocycles. The molecule has 8 nitrogen and oxygen atoms in total. The van der Waals surface area contributed by atoms with Gasteiger partial charge in [-0.15, -0.1) is 0 Å². The van der Waals surface area contributed by atoms with Crippen LogP contribution >= 0.6 is 0 Å². The Bertz CT molecular complexity index is 1100. The number of halogens is 2. The number of ether oxygens (including phenoxy) is 1. The van der Waals surface area contributed by atoms with Gasteiger partial charge in [-0.25, -0.2) is 8.78 Å². The first-order valence-electron chi connectivity index (χ1n) is 9.38. The van der Waals surface area contributed by atoms with Gasteiger partial charge in [0.25, 0.3) is 17.6 Å². The predicted molar refractivity (Wildman–Crippen MR) is 98.4 cm³/mol. The fraction of sp³-hybridized carbons (Fsp3) is 0.350. The van der Waals surface area contributed by atoms with Crippen molar-refractivity contribution < 1.29 is 28.2 Å². The molecule has 3 heterocycles. The van der Waals surface area contributed by atoms with Crippen molar-refractivity contribution in [1.82, 2.24) is 14.8 Å². The molecular formula is C20H18F2N3O5.